The SMILES string of the molecule is CC(CNC(=O)Nc1nn(C)cc1C#N)c1nccs1. The highest BCUT2D eigenvalue weighted by Gasteiger charge is 2.13. The van der Waals surface area contributed by atoms with Crippen LogP contribution in [-0.4, -0.2) is 27.3 Å². The van der Waals surface area contributed by atoms with Crippen molar-refractivity contribution >= 4 is 23.2 Å². The molecule has 0 aliphatic carbocycles. The van der Waals surface area contributed by atoms with Gasteiger partial charge in [-0.2, -0.15) is 10.4 Å². The Labute approximate surface area is 120 Å². The Morgan fingerprint density at radius 1 is 1.65 bits per heavy atom. The van der Waals surface area contributed by atoms with Crippen LogP contribution in [0.3, 0.4) is 0 Å². The number of urea groups is 1. The van der Waals surface area contributed by atoms with E-state index in [4.69, 9.17) is 5.26 Å². The summed E-state index contributed by atoms with van der Waals surface area (Å²) >= 11 is 1.55. The minimum Gasteiger partial charge on any atom is -0.337 e. The fourth-order valence-electron chi connectivity index (χ4n) is 1.63. The number of aromatic nitrogens is 3. The smallest absolute Gasteiger partial charge is 0.320 e. The largest absolute Gasteiger partial charge is 0.337 e. The second-order valence-corrected chi connectivity index (χ2v) is 5.21. The van der Waals surface area contributed by atoms with Crippen LogP contribution in [0.5, 0.6) is 0 Å². The molecule has 2 heterocycles. The van der Waals surface area contributed by atoms with Crippen molar-refractivity contribution < 1.29 is 4.79 Å². The summed E-state index contributed by atoms with van der Waals surface area (Å²) in [7, 11) is 1.69. The van der Waals surface area contributed by atoms with Gasteiger partial charge in [-0.1, -0.05) is 6.92 Å². The third-order valence-corrected chi connectivity index (χ3v) is 3.63. The molecule has 0 aliphatic rings. The van der Waals surface area contributed by atoms with Crippen molar-refractivity contribution in [2.75, 3.05) is 11.9 Å². The lowest BCUT2D eigenvalue weighted by Crippen LogP contribution is -2.32. The average molecular weight is 290 g/mol. The van der Waals surface area contributed by atoms with Crippen molar-refractivity contribution in [2.24, 2.45) is 7.05 Å². The van der Waals surface area contributed by atoms with Crippen molar-refractivity contribution in [2.45, 2.75) is 12.8 Å². The number of amides is 2. The van der Waals surface area contributed by atoms with Crippen LogP contribution in [0.25, 0.3) is 0 Å². The van der Waals surface area contributed by atoms with Gasteiger partial charge in [0.1, 0.15) is 11.6 Å². The molecule has 20 heavy (non-hydrogen) atoms. The van der Waals surface area contributed by atoms with Gasteiger partial charge in [-0.25, -0.2) is 9.78 Å². The van der Waals surface area contributed by atoms with Gasteiger partial charge in [0.25, 0.3) is 0 Å². The number of aryl methyl sites for hydroxylation is 1. The summed E-state index contributed by atoms with van der Waals surface area (Å²) in [5.74, 6) is 0.398. The molecular formula is C12H14N6OS. The minimum atomic E-state index is -0.386. The maximum absolute atomic E-state index is 11.8. The predicted octanol–water partition coefficient (Wildman–Crippen LogP) is 1.67. The first kappa shape index (κ1) is 14.0. The topological polar surface area (TPSA) is 95.6 Å². The van der Waals surface area contributed by atoms with Crippen molar-refractivity contribution in [3.63, 3.8) is 0 Å². The molecule has 0 aliphatic heterocycles. The van der Waals surface area contributed by atoms with E-state index in [2.05, 4.69) is 20.7 Å². The van der Waals surface area contributed by atoms with E-state index in [0.29, 0.717) is 12.1 Å². The molecule has 8 heteroatoms. The van der Waals surface area contributed by atoms with Gasteiger partial charge in [-0.15, -0.1) is 11.3 Å². The van der Waals surface area contributed by atoms with Crippen LogP contribution < -0.4 is 10.6 Å². The molecule has 1 unspecified atom stereocenters. The molecule has 104 valence electrons. The zero-order valence-corrected chi connectivity index (χ0v) is 11.9. The third kappa shape index (κ3) is 3.33. The van der Waals surface area contributed by atoms with Crippen LogP contribution in [0.1, 0.15) is 23.4 Å². The number of hydrogen-bond donors (Lipinski definition) is 2. The van der Waals surface area contributed by atoms with E-state index >= 15 is 0 Å². The molecule has 2 aromatic rings. The number of nitriles is 1. The summed E-state index contributed by atoms with van der Waals surface area (Å²) in [6.45, 7) is 2.45. The Balaban J connectivity index is 1.88. The Hall–Kier alpha value is -2.40. The molecule has 0 saturated carbocycles. The molecule has 0 bridgehead atoms. The number of hydrogen-bond acceptors (Lipinski definition) is 5. The number of nitrogens with one attached hydrogen (secondary N) is 2. The lowest BCUT2D eigenvalue weighted by molar-refractivity contribution is 0.251. The molecule has 2 rings (SSSR count). The second-order valence-electron chi connectivity index (χ2n) is 4.28. The third-order valence-electron chi connectivity index (χ3n) is 2.62. The molecule has 2 amide bonds. The Morgan fingerprint density at radius 3 is 3.10 bits per heavy atom. The standard InChI is InChI=1S/C12H14N6OS/c1-8(11-14-3-4-20-11)6-15-12(19)16-10-9(5-13)7-18(2)17-10/h3-4,7-8H,6H2,1-2H3,(H2,15,16,17,19). The Bertz CT molecular complexity index is 627. The molecule has 0 saturated heterocycles. The monoisotopic (exact) mass is 290 g/mol. The number of anilines is 1. The number of rotatable bonds is 4. The highest BCUT2D eigenvalue weighted by atomic mass is 32.1. The first-order valence-corrected chi connectivity index (χ1v) is 6.86. The molecule has 0 spiro atoms. The van der Waals surface area contributed by atoms with Gasteiger partial charge in [-0.3, -0.25) is 10.00 Å². The normalized spacial score (nSPS) is 11.7. The summed E-state index contributed by atoms with van der Waals surface area (Å²) in [4.78, 5) is 16.0. The summed E-state index contributed by atoms with van der Waals surface area (Å²) in [5, 5.41) is 21.1. The first-order valence-electron chi connectivity index (χ1n) is 5.98. The van der Waals surface area contributed by atoms with Gasteiger partial charge in [0.2, 0.25) is 0 Å². The molecule has 0 radical (unpaired) electrons. The van der Waals surface area contributed by atoms with Crippen molar-refractivity contribution in [1.82, 2.24) is 20.1 Å². The zero-order valence-electron chi connectivity index (χ0n) is 11.1. The molecule has 7 nitrogen and oxygen atoms in total. The quantitative estimate of drug-likeness (QED) is 0.895. The van der Waals surface area contributed by atoms with E-state index in [1.807, 2.05) is 18.4 Å². The average Bonchev–Trinajstić information content (AvgIpc) is 3.05. The minimum absolute atomic E-state index is 0.139. The number of carbonyl (C=O) groups is 1. The van der Waals surface area contributed by atoms with Crippen LogP contribution in [-0.2, 0) is 7.05 Å². The lowest BCUT2D eigenvalue weighted by Gasteiger charge is -2.10. The zero-order chi connectivity index (χ0) is 14.5. The van der Waals surface area contributed by atoms with Gasteiger partial charge in [0, 0.05) is 37.3 Å². The van der Waals surface area contributed by atoms with Crippen molar-refractivity contribution in [3.05, 3.63) is 28.3 Å². The maximum atomic E-state index is 11.8. The van der Waals surface area contributed by atoms with E-state index in [1.54, 1.807) is 30.8 Å². The predicted molar refractivity (Wildman–Crippen MR) is 75.5 cm³/mol. The van der Waals surface area contributed by atoms with Gasteiger partial charge in [-0.05, 0) is 0 Å². The Morgan fingerprint density at radius 2 is 2.45 bits per heavy atom. The van der Waals surface area contributed by atoms with E-state index < -0.39 is 0 Å². The molecular weight excluding hydrogens is 276 g/mol. The summed E-state index contributed by atoms with van der Waals surface area (Å²) in [6, 6.07) is 1.59. The first-order chi connectivity index (χ1) is 9.60. The van der Waals surface area contributed by atoms with Gasteiger partial charge >= 0.3 is 6.03 Å². The van der Waals surface area contributed by atoms with Gasteiger partial charge in [0.05, 0.1) is 5.01 Å². The van der Waals surface area contributed by atoms with E-state index in [1.165, 1.54) is 4.68 Å². The highest BCUT2D eigenvalue weighted by molar-refractivity contribution is 7.09. The maximum Gasteiger partial charge on any atom is 0.320 e. The molecule has 2 aromatic heterocycles. The number of carbonyl (C=O) groups excluding carboxylic acids is 1. The molecule has 1 atom stereocenters. The summed E-state index contributed by atoms with van der Waals surface area (Å²) in [6.07, 6.45) is 3.29. The van der Waals surface area contributed by atoms with E-state index in [9.17, 15) is 4.79 Å². The Kier molecular flexibility index (Phi) is 4.32. The number of thiazole rings is 1. The van der Waals surface area contributed by atoms with E-state index in [0.717, 1.165) is 5.01 Å². The highest BCUT2D eigenvalue weighted by Crippen LogP contribution is 2.16. The fourth-order valence-corrected chi connectivity index (χ4v) is 2.32. The van der Waals surface area contributed by atoms with E-state index in [-0.39, 0.29) is 17.8 Å². The van der Waals surface area contributed by atoms with Gasteiger partial charge in [0.15, 0.2) is 5.82 Å². The molecule has 0 fully saturated rings. The second kappa shape index (κ2) is 6.16. The summed E-state index contributed by atoms with van der Waals surface area (Å²) < 4.78 is 1.48. The lowest BCUT2D eigenvalue weighted by atomic mass is 10.2. The van der Waals surface area contributed by atoms with Crippen LogP contribution in [0.15, 0.2) is 17.8 Å². The van der Waals surface area contributed by atoms with Crippen LogP contribution >= 0.6 is 11.3 Å². The molecule has 0 aromatic carbocycles. The van der Waals surface area contributed by atoms with Crippen molar-refractivity contribution in [3.8, 4) is 6.07 Å². The molecule has 2 N–H and O–H groups in total. The van der Waals surface area contributed by atoms with Crippen LogP contribution in [0.4, 0.5) is 10.6 Å². The number of nitrogens with zero attached hydrogens (tertiary/aromatic N) is 4. The van der Waals surface area contributed by atoms with Gasteiger partial charge < -0.3 is 5.32 Å². The van der Waals surface area contributed by atoms with Crippen LogP contribution in [0, 0.1) is 11.3 Å². The fraction of sp³-hybridized carbons (Fsp3) is 0.333. The summed E-state index contributed by atoms with van der Waals surface area (Å²) in [5.41, 5.74) is 0.329. The van der Waals surface area contributed by atoms with Crippen molar-refractivity contribution in [1.29, 1.82) is 5.26 Å². The van der Waals surface area contributed by atoms with Crippen LogP contribution in [0.2, 0.25) is 0 Å².